The fourth-order valence-electron chi connectivity index (χ4n) is 4.82. The molecule has 4 aliphatic rings. The van der Waals surface area contributed by atoms with Gasteiger partial charge in [0, 0.05) is 6.42 Å². The van der Waals surface area contributed by atoms with Crippen LogP contribution in [0.25, 0.3) is 0 Å². The van der Waals surface area contributed by atoms with Crippen LogP contribution in [-0.2, 0) is 12.8 Å². The van der Waals surface area contributed by atoms with Gasteiger partial charge in [0.15, 0.2) is 29.5 Å². The summed E-state index contributed by atoms with van der Waals surface area (Å²) in [5, 5.41) is 13.3. The van der Waals surface area contributed by atoms with Crippen molar-refractivity contribution >= 4 is 6.21 Å². The SMILES string of the molecule is COc1c2c(cc3c1OCO3)CC[N+](N1CCc3cc4c(c(OC)c3[C@@H]1O)OCO4)=C2. The van der Waals surface area contributed by atoms with E-state index in [1.807, 2.05) is 28.0 Å². The number of fused-ring (bicyclic) bond motifs is 4. The van der Waals surface area contributed by atoms with Crippen molar-refractivity contribution < 1.29 is 38.2 Å². The first-order chi connectivity index (χ1) is 15.2. The lowest BCUT2D eigenvalue weighted by atomic mass is 9.96. The summed E-state index contributed by atoms with van der Waals surface area (Å²) in [4.78, 5) is 0. The molecule has 2 aromatic carbocycles. The first-order valence-electron chi connectivity index (χ1n) is 10.2. The normalized spacial score (nSPS) is 20.2. The number of benzene rings is 2. The molecule has 6 rings (SSSR count). The maximum Gasteiger partial charge on any atom is 0.231 e. The standard InChI is InChI=1S/C22H23N2O7/c1-26-18-14-9-23(5-3-12(14)7-15-19(18)30-10-28-15)24-6-4-13-8-16-20(31-11-29-16)21(27-2)17(13)22(24)25/h7-9,22,25H,3-6,10-11H2,1-2H3/q+1/t22-/m0/s1. The largest absolute Gasteiger partial charge is 0.492 e. The van der Waals surface area contributed by atoms with Crippen molar-refractivity contribution in [2.24, 2.45) is 0 Å². The van der Waals surface area contributed by atoms with E-state index in [1.165, 1.54) is 0 Å². The van der Waals surface area contributed by atoms with Gasteiger partial charge in [-0.1, -0.05) is 0 Å². The zero-order valence-corrected chi connectivity index (χ0v) is 17.3. The first-order valence-corrected chi connectivity index (χ1v) is 10.2. The van der Waals surface area contributed by atoms with Gasteiger partial charge in [-0.25, -0.2) is 0 Å². The Hall–Kier alpha value is -3.33. The van der Waals surface area contributed by atoms with Gasteiger partial charge in [-0.15, -0.1) is 4.68 Å². The summed E-state index contributed by atoms with van der Waals surface area (Å²) in [6, 6.07) is 3.96. The molecule has 4 aliphatic heterocycles. The quantitative estimate of drug-likeness (QED) is 0.740. The maximum atomic E-state index is 11.4. The van der Waals surface area contributed by atoms with Crippen molar-refractivity contribution in [2.45, 2.75) is 19.1 Å². The molecule has 0 fully saturated rings. The van der Waals surface area contributed by atoms with Crippen LogP contribution in [0.2, 0.25) is 0 Å². The number of ether oxygens (including phenoxy) is 6. The van der Waals surface area contributed by atoms with E-state index in [0.717, 1.165) is 41.6 Å². The van der Waals surface area contributed by atoms with Crippen LogP contribution in [0.5, 0.6) is 34.5 Å². The number of hydrazine groups is 1. The Morgan fingerprint density at radius 3 is 2.32 bits per heavy atom. The van der Waals surface area contributed by atoms with Crippen LogP contribution in [0.1, 0.15) is 28.5 Å². The summed E-state index contributed by atoms with van der Waals surface area (Å²) in [6.45, 7) is 1.71. The lowest BCUT2D eigenvalue weighted by Gasteiger charge is -2.33. The fraction of sp³-hybridized carbons (Fsp3) is 0.409. The van der Waals surface area contributed by atoms with Crippen LogP contribution >= 0.6 is 0 Å². The monoisotopic (exact) mass is 427 g/mol. The predicted octanol–water partition coefficient (Wildman–Crippen LogP) is 1.61. The topological polar surface area (TPSA) is 81.9 Å². The number of nitrogens with zero attached hydrogens (tertiary/aromatic N) is 2. The summed E-state index contributed by atoms with van der Waals surface area (Å²) in [6.07, 6.45) is 2.65. The van der Waals surface area contributed by atoms with Gasteiger partial charge in [-0.05, 0) is 29.7 Å². The minimum atomic E-state index is -0.883. The average molecular weight is 427 g/mol. The maximum absolute atomic E-state index is 11.4. The molecular formula is C22H23N2O7+. The van der Waals surface area contributed by atoms with Crippen molar-refractivity contribution in [1.82, 2.24) is 5.01 Å². The third kappa shape index (κ3) is 2.62. The molecule has 2 aromatic rings. The number of methoxy groups -OCH3 is 2. The number of hydrazone groups is 1. The van der Waals surface area contributed by atoms with E-state index in [9.17, 15) is 5.11 Å². The number of aliphatic hydroxyl groups excluding tert-OH is 1. The van der Waals surface area contributed by atoms with Gasteiger partial charge in [0.1, 0.15) is 0 Å². The second kappa shape index (κ2) is 6.84. The smallest absolute Gasteiger partial charge is 0.231 e. The molecule has 0 aromatic heterocycles. The summed E-state index contributed by atoms with van der Waals surface area (Å²) < 4.78 is 35.6. The predicted molar refractivity (Wildman–Crippen MR) is 108 cm³/mol. The van der Waals surface area contributed by atoms with Gasteiger partial charge in [0.25, 0.3) is 0 Å². The minimum Gasteiger partial charge on any atom is -0.492 e. The van der Waals surface area contributed by atoms with E-state index in [4.69, 9.17) is 28.4 Å². The second-order valence-electron chi connectivity index (χ2n) is 7.76. The lowest BCUT2D eigenvalue weighted by Crippen LogP contribution is -2.45. The van der Waals surface area contributed by atoms with Crippen LogP contribution in [0.4, 0.5) is 0 Å². The molecule has 0 aliphatic carbocycles. The van der Waals surface area contributed by atoms with E-state index in [2.05, 4.69) is 0 Å². The van der Waals surface area contributed by atoms with Crippen LogP contribution in [0, 0.1) is 0 Å². The minimum absolute atomic E-state index is 0.154. The second-order valence-corrected chi connectivity index (χ2v) is 7.76. The van der Waals surface area contributed by atoms with Crippen molar-refractivity contribution in [3.8, 4) is 34.5 Å². The molecule has 0 unspecified atom stereocenters. The third-order valence-electron chi connectivity index (χ3n) is 6.26. The summed E-state index contributed by atoms with van der Waals surface area (Å²) in [5.41, 5.74) is 3.79. The number of aliphatic hydroxyl groups is 1. The molecular weight excluding hydrogens is 404 g/mol. The van der Waals surface area contributed by atoms with E-state index >= 15 is 0 Å². The van der Waals surface area contributed by atoms with E-state index in [0.29, 0.717) is 41.0 Å². The lowest BCUT2D eigenvalue weighted by molar-refractivity contribution is -0.707. The molecule has 1 N–H and O–H groups in total. The summed E-state index contributed by atoms with van der Waals surface area (Å²) >= 11 is 0. The molecule has 1 atom stereocenters. The van der Waals surface area contributed by atoms with Crippen LogP contribution < -0.4 is 28.4 Å². The van der Waals surface area contributed by atoms with Crippen LogP contribution in [0.15, 0.2) is 12.1 Å². The highest BCUT2D eigenvalue weighted by atomic mass is 16.7. The molecule has 31 heavy (non-hydrogen) atoms. The molecule has 0 amide bonds. The van der Waals surface area contributed by atoms with Gasteiger partial charge < -0.3 is 33.5 Å². The Morgan fingerprint density at radius 1 is 0.935 bits per heavy atom. The highest BCUT2D eigenvalue weighted by molar-refractivity contribution is 5.86. The number of rotatable bonds is 3. The Labute approximate surface area is 178 Å². The molecule has 9 heteroatoms. The zero-order valence-electron chi connectivity index (χ0n) is 17.3. The number of hydrogen-bond acceptors (Lipinski definition) is 8. The molecule has 4 heterocycles. The van der Waals surface area contributed by atoms with Crippen LogP contribution in [-0.4, -0.2) is 61.9 Å². The highest BCUT2D eigenvalue weighted by Gasteiger charge is 2.40. The van der Waals surface area contributed by atoms with Crippen molar-refractivity contribution in [1.29, 1.82) is 0 Å². The van der Waals surface area contributed by atoms with Gasteiger partial charge in [0.05, 0.1) is 31.9 Å². The van der Waals surface area contributed by atoms with E-state index in [-0.39, 0.29) is 13.6 Å². The molecule has 9 nitrogen and oxygen atoms in total. The summed E-state index contributed by atoms with van der Waals surface area (Å²) in [7, 11) is 3.21. The molecule has 0 bridgehead atoms. The molecule has 0 radical (unpaired) electrons. The Bertz CT molecular complexity index is 1110. The third-order valence-corrected chi connectivity index (χ3v) is 6.26. The van der Waals surface area contributed by atoms with E-state index in [1.54, 1.807) is 14.2 Å². The molecule has 0 spiro atoms. The first kappa shape index (κ1) is 18.4. The Kier molecular flexibility index (Phi) is 4.07. The van der Waals surface area contributed by atoms with Crippen molar-refractivity contribution in [3.63, 3.8) is 0 Å². The fourth-order valence-corrected chi connectivity index (χ4v) is 4.82. The molecule has 0 saturated carbocycles. The van der Waals surface area contributed by atoms with Gasteiger partial charge in [0.2, 0.25) is 37.5 Å². The Balaban J connectivity index is 1.41. The van der Waals surface area contributed by atoms with Gasteiger partial charge in [-0.2, -0.15) is 5.01 Å². The zero-order chi connectivity index (χ0) is 21.1. The van der Waals surface area contributed by atoms with E-state index < -0.39 is 6.23 Å². The van der Waals surface area contributed by atoms with Gasteiger partial charge in [-0.3, -0.25) is 0 Å². The molecule has 162 valence electrons. The molecule has 0 saturated heterocycles. The van der Waals surface area contributed by atoms with Crippen LogP contribution in [0.3, 0.4) is 0 Å². The highest BCUT2D eigenvalue weighted by Crippen LogP contribution is 2.49. The van der Waals surface area contributed by atoms with Crippen molar-refractivity contribution in [2.75, 3.05) is 40.9 Å². The summed E-state index contributed by atoms with van der Waals surface area (Å²) in [5.74, 6) is 3.73. The van der Waals surface area contributed by atoms with Crippen molar-refractivity contribution in [3.05, 3.63) is 34.4 Å². The Morgan fingerprint density at radius 2 is 1.61 bits per heavy atom. The van der Waals surface area contributed by atoms with Gasteiger partial charge >= 0.3 is 0 Å². The number of hydrogen-bond donors (Lipinski definition) is 1. The average Bonchev–Trinajstić information content (AvgIpc) is 3.45.